The number of aromatic hydroxyl groups is 2. The Morgan fingerprint density at radius 2 is 1.65 bits per heavy atom. The van der Waals surface area contributed by atoms with E-state index in [0.717, 1.165) is 12.0 Å². The molecular formula is C18H22O2. The van der Waals surface area contributed by atoms with E-state index in [1.165, 1.54) is 24.5 Å². The summed E-state index contributed by atoms with van der Waals surface area (Å²) in [5.74, 6) is 0.328. The lowest BCUT2D eigenvalue weighted by Gasteiger charge is -2.17. The quantitative estimate of drug-likeness (QED) is 0.746. The van der Waals surface area contributed by atoms with Crippen molar-refractivity contribution in [2.45, 2.75) is 39.0 Å². The van der Waals surface area contributed by atoms with Crippen molar-refractivity contribution in [2.24, 2.45) is 0 Å². The number of unbranched alkanes of at least 4 members (excludes halogenated alkanes) is 1. The molecule has 106 valence electrons. The summed E-state index contributed by atoms with van der Waals surface area (Å²) in [6, 6.07) is 13.2. The number of hydrogen-bond donors (Lipinski definition) is 2. The van der Waals surface area contributed by atoms with Gasteiger partial charge in [-0.3, -0.25) is 0 Å². The third-order valence-corrected chi connectivity index (χ3v) is 3.79. The fourth-order valence-electron chi connectivity index (χ4n) is 2.59. The van der Waals surface area contributed by atoms with E-state index < -0.39 is 0 Å². The maximum absolute atomic E-state index is 10.1. The zero-order valence-corrected chi connectivity index (χ0v) is 12.1. The molecule has 20 heavy (non-hydrogen) atoms. The van der Waals surface area contributed by atoms with Crippen LogP contribution in [0.2, 0.25) is 0 Å². The lowest BCUT2D eigenvalue weighted by molar-refractivity contribution is 0.405. The minimum atomic E-state index is -0.0708. The molecule has 0 aliphatic rings. The fraction of sp³-hybridized carbons (Fsp3) is 0.333. The van der Waals surface area contributed by atoms with Crippen LogP contribution >= 0.6 is 0 Å². The highest BCUT2D eigenvalue weighted by atomic mass is 16.3. The Morgan fingerprint density at radius 1 is 0.950 bits per heavy atom. The number of benzene rings is 2. The van der Waals surface area contributed by atoms with Crippen molar-refractivity contribution in [2.75, 3.05) is 0 Å². The molecule has 0 radical (unpaired) electrons. The molecule has 2 aromatic rings. The van der Waals surface area contributed by atoms with Crippen molar-refractivity contribution >= 4 is 0 Å². The Hall–Kier alpha value is -1.96. The van der Waals surface area contributed by atoms with Gasteiger partial charge in [0.05, 0.1) is 0 Å². The van der Waals surface area contributed by atoms with Gasteiger partial charge in [-0.1, -0.05) is 63.1 Å². The predicted molar refractivity (Wildman–Crippen MR) is 83.1 cm³/mol. The van der Waals surface area contributed by atoms with Gasteiger partial charge in [-0.05, 0) is 29.5 Å². The zero-order valence-electron chi connectivity index (χ0n) is 12.1. The van der Waals surface area contributed by atoms with Gasteiger partial charge in [0.1, 0.15) is 0 Å². The van der Waals surface area contributed by atoms with Crippen molar-refractivity contribution < 1.29 is 10.2 Å². The largest absolute Gasteiger partial charge is 0.504 e. The van der Waals surface area contributed by atoms with Gasteiger partial charge in [-0.25, -0.2) is 0 Å². The highest BCUT2D eigenvalue weighted by Crippen LogP contribution is 2.40. The second-order valence-corrected chi connectivity index (χ2v) is 5.30. The summed E-state index contributed by atoms with van der Waals surface area (Å²) < 4.78 is 0. The second kappa shape index (κ2) is 6.47. The van der Waals surface area contributed by atoms with Crippen LogP contribution in [0.5, 0.6) is 11.5 Å². The van der Waals surface area contributed by atoms with Gasteiger partial charge in [0.15, 0.2) is 11.5 Å². The highest BCUT2D eigenvalue weighted by molar-refractivity contribution is 5.76. The SMILES string of the molecule is CCCCC(C)c1ccccc1-c1cccc(O)c1O. The Morgan fingerprint density at radius 3 is 2.40 bits per heavy atom. The first-order valence-electron chi connectivity index (χ1n) is 7.25. The molecule has 0 bridgehead atoms. The van der Waals surface area contributed by atoms with Crippen LogP contribution in [0.15, 0.2) is 42.5 Å². The summed E-state index contributed by atoms with van der Waals surface area (Å²) in [6.07, 6.45) is 3.51. The molecule has 2 aromatic carbocycles. The van der Waals surface area contributed by atoms with Crippen molar-refractivity contribution in [3.05, 3.63) is 48.0 Å². The molecule has 0 heterocycles. The molecule has 0 saturated carbocycles. The summed E-state index contributed by atoms with van der Waals surface area (Å²) in [5.41, 5.74) is 2.93. The van der Waals surface area contributed by atoms with Crippen LogP contribution in [-0.2, 0) is 0 Å². The van der Waals surface area contributed by atoms with E-state index in [4.69, 9.17) is 0 Å². The normalized spacial score (nSPS) is 12.3. The van der Waals surface area contributed by atoms with E-state index in [0.29, 0.717) is 11.5 Å². The van der Waals surface area contributed by atoms with Crippen molar-refractivity contribution in [1.82, 2.24) is 0 Å². The van der Waals surface area contributed by atoms with E-state index >= 15 is 0 Å². The van der Waals surface area contributed by atoms with E-state index in [1.807, 2.05) is 24.3 Å². The number of rotatable bonds is 5. The summed E-state index contributed by atoms with van der Waals surface area (Å²) >= 11 is 0. The van der Waals surface area contributed by atoms with Crippen LogP contribution in [0, 0.1) is 0 Å². The molecule has 1 atom stereocenters. The molecule has 0 aromatic heterocycles. The van der Waals surface area contributed by atoms with Crippen molar-refractivity contribution in [3.8, 4) is 22.6 Å². The van der Waals surface area contributed by atoms with Crippen LogP contribution in [0.3, 0.4) is 0 Å². The molecule has 2 heteroatoms. The van der Waals surface area contributed by atoms with Crippen LogP contribution in [0.25, 0.3) is 11.1 Å². The summed E-state index contributed by atoms with van der Waals surface area (Å²) in [7, 11) is 0. The molecular weight excluding hydrogens is 248 g/mol. The van der Waals surface area contributed by atoms with Gasteiger partial charge >= 0.3 is 0 Å². The average Bonchev–Trinajstić information content (AvgIpc) is 2.47. The molecule has 0 amide bonds. The summed E-state index contributed by atoms with van der Waals surface area (Å²) in [6.45, 7) is 4.41. The topological polar surface area (TPSA) is 40.5 Å². The average molecular weight is 270 g/mol. The molecule has 2 nitrogen and oxygen atoms in total. The van der Waals surface area contributed by atoms with Crippen molar-refractivity contribution in [3.63, 3.8) is 0 Å². The van der Waals surface area contributed by atoms with Gasteiger partial charge in [0, 0.05) is 5.56 Å². The van der Waals surface area contributed by atoms with Crippen LogP contribution in [0.4, 0.5) is 0 Å². The molecule has 2 rings (SSSR count). The number of hydrogen-bond acceptors (Lipinski definition) is 2. The van der Waals surface area contributed by atoms with Gasteiger partial charge in [0.25, 0.3) is 0 Å². The van der Waals surface area contributed by atoms with Crippen LogP contribution < -0.4 is 0 Å². The van der Waals surface area contributed by atoms with E-state index in [1.54, 1.807) is 6.07 Å². The van der Waals surface area contributed by atoms with Gasteiger partial charge < -0.3 is 10.2 Å². The first-order valence-corrected chi connectivity index (χ1v) is 7.25. The number of para-hydroxylation sites is 1. The molecule has 0 spiro atoms. The van der Waals surface area contributed by atoms with Gasteiger partial charge in [-0.2, -0.15) is 0 Å². The Bertz CT molecular complexity index is 575. The molecule has 0 saturated heterocycles. The first-order chi connectivity index (χ1) is 9.65. The molecule has 0 fully saturated rings. The van der Waals surface area contributed by atoms with Crippen molar-refractivity contribution in [1.29, 1.82) is 0 Å². The smallest absolute Gasteiger partial charge is 0.165 e. The number of phenolic OH excluding ortho intramolecular Hbond substituents is 2. The standard InChI is InChI=1S/C18H22O2/c1-3-4-8-13(2)14-9-5-6-10-15(14)16-11-7-12-17(19)18(16)20/h5-7,9-13,19-20H,3-4,8H2,1-2H3. The lowest BCUT2D eigenvalue weighted by atomic mass is 9.88. The summed E-state index contributed by atoms with van der Waals surface area (Å²) in [5, 5.41) is 19.8. The van der Waals surface area contributed by atoms with E-state index in [-0.39, 0.29) is 11.5 Å². The molecule has 0 aliphatic heterocycles. The second-order valence-electron chi connectivity index (χ2n) is 5.30. The van der Waals surface area contributed by atoms with E-state index in [2.05, 4.69) is 19.9 Å². The third kappa shape index (κ3) is 2.96. The third-order valence-electron chi connectivity index (χ3n) is 3.79. The maximum atomic E-state index is 10.1. The maximum Gasteiger partial charge on any atom is 0.165 e. The summed E-state index contributed by atoms with van der Waals surface area (Å²) in [4.78, 5) is 0. The molecule has 0 aliphatic carbocycles. The lowest BCUT2D eigenvalue weighted by Crippen LogP contribution is -1.97. The minimum absolute atomic E-state index is 0.0392. The fourth-order valence-corrected chi connectivity index (χ4v) is 2.59. The first kappa shape index (κ1) is 14.4. The van der Waals surface area contributed by atoms with Gasteiger partial charge in [-0.15, -0.1) is 0 Å². The van der Waals surface area contributed by atoms with Crippen LogP contribution in [-0.4, -0.2) is 10.2 Å². The Kier molecular flexibility index (Phi) is 4.67. The highest BCUT2D eigenvalue weighted by Gasteiger charge is 2.15. The van der Waals surface area contributed by atoms with Crippen LogP contribution in [0.1, 0.15) is 44.6 Å². The Balaban J connectivity index is 2.44. The van der Waals surface area contributed by atoms with E-state index in [9.17, 15) is 10.2 Å². The molecule has 2 N–H and O–H groups in total. The predicted octanol–water partition coefficient (Wildman–Crippen LogP) is 5.06. The number of phenols is 2. The zero-order chi connectivity index (χ0) is 14.5. The molecule has 1 unspecified atom stereocenters. The minimum Gasteiger partial charge on any atom is -0.504 e. The van der Waals surface area contributed by atoms with Gasteiger partial charge in [0.2, 0.25) is 0 Å². The Labute approximate surface area is 120 Å². The monoisotopic (exact) mass is 270 g/mol.